The van der Waals surface area contributed by atoms with Crippen molar-refractivity contribution in [1.82, 2.24) is 10.2 Å². The summed E-state index contributed by atoms with van der Waals surface area (Å²) in [5.41, 5.74) is 6.89. The second-order valence-electron chi connectivity index (χ2n) is 4.05. The topological polar surface area (TPSA) is 110 Å². The van der Waals surface area contributed by atoms with E-state index in [1.807, 2.05) is 0 Å². The van der Waals surface area contributed by atoms with Crippen LogP contribution in [-0.2, 0) is 4.74 Å². The van der Waals surface area contributed by atoms with E-state index in [0.29, 0.717) is 11.4 Å². The van der Waals surface area contributed by atoms with Crippen LogP contribution < -0.4 is 11.1 Å². The molecule has 2 aromatic rings. The molecule has 4 N–H and O–H groups in total. The molecule has 0 saturated carbocycles. The van der Waals surface area contributed by atoms with E-state index >= 15 is 0 Å². The fourth-order valence-corrected chi connectivity index (χ4v) is 1.59. The molecule has 104 valence electrons. The van der Waals surface area contributed by atoms with Gasteiger partial charge in [0.25, 0.3) is 0 Å². The summed E-state index contributed by atoms with van der Waals surface area (Å²) in [7, 11) is 1.32. The number of nitrogens with zero attached hydrogens (tertiary/aromatic N) is 1. The fourth-order valence-electron chi connectivity index (χ4n) is 1.59. The third-order valence-electron chi connectivity index (χ3n) is 2.64. The number of hydrogen-bond acceptors (Lipinski definition) is 6. The first-order valence-corrected chi connectivity index (χ1v) is 5.86. The third kappa shape index (κ3) is 3.14. The molecule has 7 heteroatoms. The molecule has 0 fully saturated rings. The number of esters is 1. The van der Waals surface area contributed by atoms with Crippen LogP contribution in [0.2, 0.25) is 0 Å². The van der Waals surface area contributed by atoms with Crippen LogP contribution in [-0.4, -0.2) is 35.6 Å². The number of benzene rings is 1. The number of H-pyrrole nitrogens is 1. The first-order valence-electron chi connectivity index (χ1n) is 5.86. The summed E-state index contributed by atoms with van der Waals surface area (Å²) >= 11 is 0. The van der Waals surface area contributed by atoms with Gasteiger partial charge in [-0.3, -0.25) is 9.89 Å². The number of aromatic nitrogens is 2. The minimum Gasteiger partial charge on any atom is -0.465 e. The Hall–Kier alpha value is -2.83. The van der Waals surface area contributed by atoms with Crippen LogP contribution in [0.5, 0.6) is 0 Å². The van der Waals surface area contributed by atoms with Gasteiger partial charge in [0.2, 0.25) is 5.78 Å². The first kappa shape index (κ1) is 13.6. The number of anilines is 2. The maximum absolute atomic E-state index is 11.8. The molecule has 0 unspecified atom stereocenters. The number of hydrogen-bond donors (Lipinski definition) is 3. The zero-order chi connectivity index (χ0) is 14.5. The lowest BCUT2D eigenvalue weighted by molar-refractivity contribution is 0.0600. The summed E-state index contributed by atoms with van der Waals surface area (Å²) in [5, 5.41) is 9.22. The molecule has 1 aromatic heterocycles. The number of nitrogen functional groups attached to an aromatic ring is 1. The maximum atomic E-state index is 11.8. The predicted octanol–water partition coefficient (Wildman–Crippen LogP) is 1.07. The number of carbonyl (C=O) groups excluding carboxylic acids is 2. The summed E-state index contributed by atoms with van der Waals surface area (Å²) in [6.45, 7) is 0.0852. The van der Waals surface area contributed by atoms with E-state index in [9.17, 15) is 9.59 Å². The van der Waals surface area contributed by atoms with Crippen LogP contribution in [0, 0.1) is 0 Å². The monoisotopic (exact) mass is 274 g/mol. The van der Waals surface area contributed by atoms with Gasteiger partial charge in [0.05, 0.1) is 19.2 Å². The Kier molecular flexibility index (Phi) is 3.99. The van der Waals surface area contributed by atoms with Gasteiger partial charge in [-0.25, -0.2) is 4.79 Å². The standard InChI is InChI=1S/C13H14N4O3/c1-20-13(19)8-2-4-9(5-3-8)15-7-11(18)10-6-12(14)17-16-10/h2-6,15H,7H2,1H3,(H3,14,16,17). The number of ether oxygens (including phenoxy) is 1. The largest absolute Gasteiger partial charge is 0.465 e. The zero-order valence-corrected chi connectivity index (χ0v) is 10.8. The molecule has 0 bridgehead atoms. The summed E-state index contributed by atoms with van der Waals surface area (Å²) in [4.78, 5) is 23.0. The highest BCUT2D eigenvalue weighted by molar-refractivity contribution is 5.97. The molecule has 2 rings (SSSR count). The molecule has 1 aromatic carbocycles. The minimum atomic E-state index is -0.403. The molecule has 0 atom stereocenters. The van der Waals surface area contributed by atoms with Gasteiger partial charge in [-0.2, -0.15) is 5.10 Å². The van der Waals surface area contributed by atoms with E-state index in [1.165, 1.54) is 13.2 Å². The second kappa shape index (κ2) is 5.87. The van der Waals surface area contributed by atoms with Crippen LogP contribution in [0.25, 0.3) is 0 Å². The molecule has 0 spiro atoms. The van der Waals surface area contributed by atoms with E-state index < -0.39 is 5.97 Å². The molecule has 0 aliphatic heterocycles. The molecule has 1 heterocycles. The Morgan fingerprint density at radius 1 is 1.35 bits per heavy atom. The van der Waals surface area contributed by atoms with Crippen LogP contribution in [0.1, 0.15) is 20.8 Å². The quantitative estimate of drug-likeness (QED) is 0.555. The molecule has 0 saturated heterocycles. The molecule has 0 radical (unpaired) electrons. The van der Waals surface area contributed by atoms with Crippen molar-refractivity contribution < 1.29 is 14.3 Å². The van der Waals surface area contributed by atoms with Gasteiger partial charge in [-0.05, 0) is 24.3 Å². The van der Waals surface area contributed by atoms with Crippen LogP contribution in [0.4, 0.5) is 11.5 Å². The van der Waals surface area contributed by atoms with Gasteiger partial charge in [0.1, 0.15) is 11.5 Å². The number of rotatable bonds is 5. The highest BCUT2D eigenvalue weighted by atomic mass is 16.5. The van der Waals surface area contributed by atoms with E-state index in [4.69, 9.17) is 5.73 Å². The average Bonchev–Trinajstić information content (AvgIpc) is 2.91. The van der Waals surface area contributed by atoms with E-state index in [2.05, 4.69) is 20.3 Å². The number of nitrogens with two attached hydrogens (primary N) is 1. The van der Waals surface area contributed by atoms with Crippen molar-refractivity contribution in [2.24, 2.45) is 0 Å². The lowest BCUT2D eigenvalue weighted by Crippen LogP contribution is -2.14. The number of nitrogens with one attached hydrogen (secondary N) is 2. The first-order chi connectivity index (χ1) is 9.60. The maximum Gasteiger partial charge on any atom is 0.337 e. The Morgan fingerprint density at radius 3 is 2.60 bits per heavy atom. The predicted molar refractivity (Wildman–Crippen MR) is 73.6 cm³/mol. The van der Waals surface area contributed by atoms with Crippen LogP contribution in [0.3, 0.4) is 0 Å². The van der Waals surface area contributed by atoms with E-state index in [-0.39, 0.29) is 18.0 Å². The van der Waals surface area contributed by atoms with Gasteiger partial charge in [-0.1, -0.05) is 0 Å². The smallest absolute Gasteiger partial charge is 0.337 e. The molecule has 0 amide bonds. The van der Waals surface area contributed by atoms with E-state index in [1.54, 1.807) is 24.3 Å². The van der Waals surface area contributed by atoms with Crippen molar-refractivity contribution in [3.05, 3.63) is 41.6 Å². The number of aromatic amines is 1. The highest BCUT2D eigenvalue weighted by Crippen LogP contribution is 2.10. The summed E-state index contributed by atoms with van der Waals surface area (Å²) < 4.78 is 4.60. The molecule has 20 heavy (non-hydrogen) atoms. The Bertz CT molecular complexity index is 619. The third-order valence-corrected chi connectivity index (χ3v) is 2.64. The highest BCUT2D eigenvalue weighted by Gasteiger charge is 2.09. The van der Waals surface area contributed by atoms with E-state index in [0.717, 1.165) is 5.69 Å². The Balaban J connectivity index is 1.94. The van der Waals surface area contributed by atoms with Gasteiger partial charge >= 0.3 is 5.97 Å². The van der Waals surface area contributed by atoms with Gasteiger partial charge in [-0.15, -0.1) is 0 Å². The van der Waals surface area contributed by atoms with Crippen molar-refractivity contribution in [1.29, 1.82) is 0 Å². The lowest BCUT2D eigenvalue weighted by Gasteiger charge is -2.05. The van der Waals surface area contributed by atoms with Crippen molar-refractivity contribution >= 4 is 23.3 Å². The fraction of sp³-hybridized carbons (Fsp3) is 0.154. The number of Topliss-reactive ketones (excluding diaryl/α,β-unsaturated/α-hetero) is 1. The van der Waals surface area contributed by atoms with Crippen molar-refractivity contribution in [2.45, 2.75) is 0 Å². The van der Waals surface area contributed by atoms with Gasteiger partial charge < -0.3 is 15.8 Å². The normalized spacial score (nSPS) is 10.1. The molecule has 7 nitrogen and oxygen atoms in total. The average molecular weight is 274 g/mol. The molecule has 0 aliphatic carbocycles. The second-order valence-corrected chi connectivity index (χ2v) is 4.05. The molecular weight excluding hydrogens is 260 g/mol. The SMILES string of the molecule is COC(=O)c1ccc(NCC(=O)c2cc(N)[nH]n2)cc1. The van der Waals surface area contributed by atoms with Crippen molar-refractivity contribution in [3.63, 3.8) is 0 Å². The zero-order valence-electron chi connectivity index (χ0n) is 10.8. The minimum absolute atomic E-state index is 0.0852. The van der Waals surface area contributed by atoms with Gasteiger partial charge in [0, 0.05) is 11.8 Å². The summed E-state index contributed by atoms with van der Waals surface area (Å²) in [5.74, 6) is -0.245. The van der Waals surface area contributed by atoms with Crippen LogP contribution in [0.15, 0.2) is 30.3 Å². The van der Waals surface area contributed by atoms with Crippen molar-refractivity contribution in [3.8, 4) is 0 Å². The number of ketones is 1. The summed E-state index contributed by atoms with van der Waals surface area (Å²) in [6, 6.07) is 8.09. The molecular formula is C13H14N4O3. The Morgan fingerprint density at radius 2 is 2.05 bits per heavy atom. The van der Waals surface area contributed by atoms with Crippen LogP contribution >= 0.6 is 0 Å². The summed E-state index contributed by atoms with van der Waals surface area (Å²) in [6.07, 6.45) is 0. The number of carbonyl (C=O) groups is 2. The number of methoxy groups -OCH3 is 1. The van der Waals surface area contributed by atoms with Crippen molar-refractivity contribution in [2.75, 3.05) is 24.7 Å². The Labute approximate surface area is 115 Å². The molecule has 0 aliphatic rings. The lowest BCUT2D eigenvalue weighted by atomic mass is 10.2. The van der Waals surface area contributed by atoms with Gasteiger partial charge in [0.15, 0.2) is 0 Å².